The van der Waals surface area contributed by atoms with Crippen molar-refractivity contribution in [2.45, 2.75) is 16.6 Å². The molecule has 88 valence electrons. The van der Waals surface area contributed by atoms with Crippen molar-refractivity contribution in [3.05, 3.63) is 23.8 Å². The third kappa shape index (κ3) is 1.59. The third-order valence-corrected chi connectivity index (χ3v) is 4.95. The first-order valence-electron chi connectivity index (χ1n) is 4.82. The van der Waals surface area contributed by atoms with Crippen molar-refractivity contribution < 1.29 is 18.0 Å². The number of fused-ring (bicyclic) bond motifs is 1. The third-order valence-electron chi connectivity index (χ3n) is 2.77. The fraction of sp³-hybridized carbons (Fsp3) is 0.400. The van der Waals surface area contributed by atoms with E-state index in [1.54, 1.807) is 18.2 Å². The predicted octanol–water partition coefficient (Wildman–Crippen LogP) is 0.284. The van der Waals surface area contributed by atoms with E-state index in [1.165, 1.54) is 7.11 Å². The average Bonchev–Trinajstić information content (AvgIpc) is 2.52. The molecule has 2 N–H and O–H groups in total. The lowest BCUT2D eigenvalue weighted by Crippen LogP contribution is -2.24. The van der Waals surface area contributed by atoms with E-state index in [1.807, 2.05) is 0 Å². The summed E-state index contributed by atoms with van der Waals surface area (Å²) in [6, 6.07) is 5.00. The molecule has 1 unspecified atom stereocenters. The number of hydrogen-bond acceptors (Lipinski definition) is 5. The van der Waals surface area contributed by atoms with Crippen molar-refractivity contribution in [3.63, 3.8) is 0 Å². The van der Waals surface area contributed by atoms with Crippen LogP contribution < -0.4 is 10.6 Å². The molecule has 0 saturated carbocycles. The van der Waals surface area contributed by atoms with E-state index >= 15 is 0 Å². The molecule has 1 aliphatic heterocycles. The van der Waals surface area contributed by atoms with Gasteiger partial charge in [0, 0.05) is 5.56 Å². The van der Waals surface area contributed by atoms with Crippen molar-refractivity contribution in [1.29, 1.82) is 0 Å². The lowest BCUT2D eigenvalue weighted by Gasteiger charge is -2.06. The van der Waals surface area contributed by atoms with Gasteiger partial charge in [-0.2, -0.15) is 0 Å². The van der Waals surface area contributed by atoms with Gasteiger partial charge in [-0.15, -0.1) is 0 Å². The van der Waals surface area contributed by atoms with Gasteiger partial charge in [0.1, 0.15) is 5.75 Å². The van der Waals surface area contributed by atoms with Crippen LogP contribution in [0.15, 0.2) is 23.1 Å². The van der Waals surface area contributed by atoms with E-state index in [-0.39, 0.29) is 6.61 Å². The highest BCUT2D eigenvalue weighted by Crippen LogP contribution is 2.36. The largest absolute Gasteiger partial charge is 0.496 e. The molecule has 0 radical (unpaired) electrons. The summed E-state index contributed by atoms with van der Waals surface area (Å²) in [4.78, 5) is 4.77. The van der Waals surface area contributed by atoms with Crippen LogP contribution in [-0.2, 0) is 21.1 Å². The molecule has 1 atom stereocenters. The Hall–Kier alpha value is -1.11. The molecule has 2 rings (SSSR count). The number of hydrogen-bond donors (Lipinski definition) is 1. The number of rotatable bonds is 3. The Balaban J connectivity index is 2.51. The van der Waals surface area contributed by atoms with Crippen LogP contribution in [-0.4, -0.2) is 27.4 Å². The minimum absolute atomic E-state index is 0.000166. The molecule has 1 aromatic rings. The molecular formula is C10H13NO4S. The van der Waals surface area contributed by atoms with Gasteiger partial charge in [0.15, 0.2) is 9.84 Å². The Morgan fingerprint density at radius 1 is 1.50 bits per heavy atom. The first-order valence-corrected chi connectivity index (χ1v) is 6.37. The fourth-order valence-electron chi connectivity index (χ4n) is 1.98. The first kappa shape index (κ1) is 11.4. The summed E-state index contributed by atoms with van der Waals surface area (Å²) in [7, 11) is -1.80. The van der Waals surface area contributed by atoms with Crippen LogP contribution in [0.2, 0.25) is 0 Å². The normalized spacial score (nSPS) is 21.8. The standard InChI is InChI=1S/C10H13NO4S/c1-14-9-3-2-4-10-8(9)5-7(6-15-11)16(10,12)13/h2-4,7H,5-6,11H2,1H3. The predicted molar refractivity (Wildman–Crippen MR) is 57.8 cm³/mol. The van der Waals surface area contributed by atoms with Gasteiger partial charge in [0.05, 0.1) is 23.9 Å². The summed E-state index contributed by atoms with van der Waals surface area (Å²) in [5.41, 5.74) is 0.715. The molecular weight excluding hydrogens is 230 g/mol. The van der Waals surface area contributed by atoms with Crippen LogP contribution in [0.5, 0.6) is 5.75 Å². The maximum absolute atomic E-state index is 12.1. The Labute approximate surface area is 94.0 Å². The lowest BCUT2D eigenvalue weighted by molar-refractivity contribution is 0.138. The van der Waals surface area contributed by atoms with Crippen LogP contribution in [0.3, 0.4) is 0 Å². The minimum Gasteiger partial charge on any atom is -0.496 e. The second kappa shape index (κ2) is 4.04. The number of nitrogens with two attached hydrogens (primary N) is 1. The summed E-state index contributed by atoms with van der Waals surface area (Å²) in [5.74, 6) is 5.54. The Bertz CT molecular complexity index is 498. The number of methoxy groups -OCH3 is 1. The van der Waals surface area contributed by atoms with Gasteiger partial charge in [-0.25, -0.2) is 14.3 Å². The highest BCUT2D eigenvalue weighted by molar-refractivity contribution is 7.92. The summed E-state index contributed by atoms with van der Waals surface area (Å²) in [6.45, 7) is 0.000166. The van der Waals surface area contributed by atoms with E-state index in [4.69, 9.17) is 10.6 Å². The van der Waals surface area contributed by atoms with Crippen LogP contribution in [0, 0.1) is 0 Å². The smallest absolute Gasteiger partial charge is 0.184 e. The molecule has 0 fully saturated rings. The van der Waals surface area contributed by atoms with Gasteiger partial charge in [0.25, 0.3) is 0 Å². The quantitative estimate of drug-likeness (QED) is 0.772. The molecule has 0 aromatic heterocycles. The molecule has 0 amide bonds. The van der Waals surface area contributed by atoms with E-state index in [0.29, 0.717) is 22.6 Å². The van der Waals surface area contributed by atoms with Crippen molar-refractivity contribution in [2.24, 2.45) is 5.90 Å². The van der Waals surface area contributed by atoms with Crippen LogP contribution >= 0.6 is 0 Å². The maximum Gasteiger partial charge on any atom is 0.184 e. The highest BCUT2D eigenvalue weighted by atomic mass is 32.2. The van der Waals surface area contributed by atoms with Crippen LogP contribution in [0.1, 0.15) is 5.56 Å². The Kier molecular flexibility index (Phi) is 2.88. The van der Waals surface area contributed by atoms with Gasteiger partial charge >= 0.3 is 0 Å². The number of sulfone groups is 1. The summed E-state index contributed by atoms with van der Waals surface area (Å²) in [6.07, 6.45) is 0.388. The minimum atomic E-state index is -3.33. The van der Waals surface area contributed by atoms with Crippen molar-refractivity contribution in [2.75, 3.05) is 13.7 Å². The number of benzene rings is 1. The SMILES string of the molecule is COc1cccc2c1CC(CON)S2(=O)=O. The summed E-state index contributed by atoms with van der Waals surface area (Å²) >= 11 is 0. The Morgan fingerprint density at radius 2 is 2.25 bits per heavy atom. The average molecular weight is 243 g/mol. The molecule has 0 spiro atoms. The van der Waals surface area contributed by atoms with E-state index in [9.17, 15) is 8.42 Å². The van der Waals surface area contributed by atoms with Gasteiger partial charge in [-0.05, 0) is 18.6 Å². The van der Waals surface area contributed by atoms with E-state index < -0.39 is 15.1 Å². The van der Waals surface area contributed by atoms with Crippen molar-refractivity contribution >= 4 is 9.84 Å². The van der Waals surface area contributed by atoms with E-state index in [2.05, 4.69) is 4.84 Å². The molecule has 1 aromatic carbocycles. The first-order chi connectivity index (χ1) is 7.61. The van der Waals surface area contributed by atoms with E-state index in [0.717, 1.165) is 0 Å². The lowest BCUT2D eigenvalue weighted by atomic mass is 10.1. The van der Waals surface area contributed by atoms with Crippen LogP contribution in [0.25, 0.3) is 0 Å². The zero-order valence-electron chi connectivity index (χ0n) is 8.84. The maximum atomic E-state index is 12.1. The fourth-order valence-corrected chi connectivity index (χ4v) is 3.78. The van der Waals surface area contributed by atoms with Gasteiger partial charge in [-0.3, -0.25) is 0 Å². The molecule has 0 aliphatic carbocycles. The zero-order valence-corrected chi connectivity index (χ0v) is 9.66. The second-order valence-corrected chi connectivity index (χ2v) is 5.84. The second-order valence-electron chi connectivity index (χ2n) is 3.64. The highest BCUT2D eigenvalue weighted by Gasteiger charge is 2.38. The molecule has 6 heteroatoms. The molecule has 5 nitrogen and oxygen atoms in total. The molecule has 1 heterocycles. The Morgan fingerprint density at radius 3 is 2.88 bits per heavy atom. The van der Waals surface area contributed by atoms with Gasteiger partial charge in [0.2, 0.25) is 0 Å². The zero-order chi connectivity index (χ0) is 11.8. The molecule has 0 saturated heterocycles. The topological polar surface area (TPSA) is 78.6 Å². The molecule has 1 aliphatic rings. The number of ether oxygens (including phenoxy) is 1. The van der Waals surface area contributed by atoms with Crippen molar-refractivity contribution in [3.8, 4) is 5.75 Å². The molecule has 16 heavy (non-hydrogen) atoms. The monoisotopic (exact) mass is 243 g/mol. The van der Waals surface area contributed by atoms with Crippen LogP contribution in [0.4, 0.5) is 0 Å². The van der Waals surface area contributed by atoms with Gasteiger partial charge < -0.3 is 9.57 Å². The van der Waals surface area contributed by atoms with Gasteiger partial charge in [-0.1, -0.05) is 6.07 Å². The summed E-state index contributed by atoms with van der Waals surface area (Å²) < 4.78 is 29.2. The molecule has 0 bridgehead atoms. The summed E-state index contributed by atoms with van der Waals surface area (Å²) in [5, 5.41) is -0.608. The van der Waals surface area contributed by atoms with Crippen molar-refractivity contribution in [1.82, 2.24) is 0 Å².